The van der Waals surface area contributed by atoms with Gasteiger partial charge in [0.25, 0.3) is 0 Å². The first-order valence-corrected chi connectivity index (χ1v) is 10.6. The number of hydrogen-bond donors (Lipinski definition) is 1. The molecule has 2 aromatic rings. The molecule has 1 N–H and O–H groups in total. The fourth-order valence-corrected chi connectivity index (χ4v) is 4.59. The van der Waals surface area contributed by atoms with Crippen molar-refractivity contribution in [3.05, 3.63) is 53.1 Å². The number of amides is 1. The van der Waals surface area contributed by atoms with Crippen LogP contribution in [-0.4, -0.2) is 54.2 Å². The number of phenolic OH excluding ortho intramolecular Hbond substituents is 1. The third-order valence-electron chi connectivity index (χ3n) is 6.22. The van der Waals surface area contributed by atoms with Crippen molar-refractivity contribution in [1.29, 1.82) is 0 Å². The minimum Gasteiger partial charge on any atom is -0.502 e. The van der Waals surface area contributed by atoms with Crippen LogP contribution in [0.2, 0.25) is 0 Å². The number of hydrogen-bond acceptors (Lipinski definition) is 5. The summed E-state index contributed by atoms with van der Waals surface area (Å²) < 4.78 is 10.6. The van der Waals surface area contributed by atoms with Crippen molar-refractivity contribution in [3.8, 4) is 17.2 Å². The van der Waals surface area contributed by atoms with Gasteiger partial charge in [-0.25, -0.2) is 0 Å². The van der Waals surface area contributed by atoms with Gasteiger partial charge in [0.15, 0.2) is 11.5 Å². The zero-order valence-electron chi connectivity index (χ0n) is 17.8. The second-order valence-corrected chi connectivity index (χ2v) is 8.13. The molecule has 1 atom stereocenters. The highest BCUT2D eigenvalue weighted by Gasteiger charge is 2.34. The molecule has 2 aromatic carbocycles. The molecule has 0 radical (unpaired) electrons. The highest BCUT2D eigenvalue weighted by Crippen LogP contribution is 2.38. The normalized spacial score (nSPS) is 19.3. The molecule has 1 unspecified atom stereocenters. The zero-order valence-corrected chi connectivity index (χ0v) is 17.8. The Kier molecular flexibility index (Phi) is 6.13. The fraction of sp³-hybridized carbons (Fsp3) is 0.458. The number of rotatable bonds is 5. The summed E-state index contributed by atoms with van der Waals surface area (Å²) in [5, 5.41) is 10.2. The molecule has 1 amide bonds. The number of aromatic hydroxyl groups is 1. The van der Waals surface area contributed by atoms with Gasteiger partial charge in [-0.05, 0) is 54.5 Å². The number of phenols is 1. The first-order valence-electron chi connectivity index (χ1n) is 10.6. The van der Waals surface area contributed by atoms with Gasteiger partial charge in [0, 0.05) is 26.2 Å². The Hall–Kier alpha value is -2.73. The molecule has 0 saturated carbocycles. The van der Waals surface area contributed by atoms with Crippen LogP contribution in [0.25, 0.3) is 0 Å². The van der Waals surface area contributed by atoms with Crippen LogP contribution in [0.3, 0.4) is 0 Å². The molecular formula is C24H30N2O4. The SMILES string of the molecule is COc1cc(CN2Cc3ccccc3CC2C(=O)N2CCCCC2)cc(OC)c1O. The molecule has 6 nitrogen and oxygen atoms in total. The smallest absolute Gasteiger partial charge is 0.240 e. The van der Waals surface area contributed by atoms with Crippen molar-refractivity contribution < 1.29 is 19.4 Å². The van der Waals surface area contributed by atoms with E-state index in [4.69, 9.17) is 9.47 Å². The molecule has 160 valence electrons. The summed E-state index contributed by atoms with van der Waals surface area (Å²) in [7, 11) is 3.05. The maximum absolute atomic E-state index is 13.5. The highest BCUT2D eigenvalue weighted by atomic mass is 16.5. The van der Waals surface area contributed by atoms with Gasteiger partial charge in [0.2, 0.25) is 11.7 Å². The summed E-state index contributed by atoms with van der Waals surface area (Å²) in [6.45, 7) is 2.99. The molecule has 0 spiro atoms. The Balaban J connectivity index is 1.64. The maximum Gasteiger partial charge on any atom is 0.240 e. The summed E-state index contributed by atoms with van der Waals surface area (Å²) in [6.07, 6.45) is 4.09. The van der Waals surface area contributed by atoms with Gasteiger partial charge in [0.1, 0.15) is 0 Å². The van der Waals surface area contributed by atoms with E-state index in [0.717, 1.165) is 37.9 Å². The van der Waals surface area contributed by atoms with E-state index < -0.39 is 0 Å². The van der Waals surface area contributed by atoms with Crippen LogP contribution in [0, 0.1) is 0 Å². The Labute approximate surface area is 178 Å². The molecular weight excluding hydrogens is 380 g/mol. The van der Waals surface area contributed by atoms with E-state index in [1.165, 1.54) is 31.8 Å². The van der Waals surface area contributed by atoms with Crippen LogP contribution in [0.5, 0.6) is 17.2 Å². The summed E-state index contributed by atoms with van der Waals surface area (Å²) in [5.74, 6) is 0.969. The molecule has 2 heterocycles. The van der Waals surface area contributed by atoms with E-state index in [1.54, 1.807) is 0 Å². The molecule has 4 rings (SSSR count). The number of piperidine rings is 1. The third kappa shape index (κ3) is 4.10. The molecule has 1 fully saturated rings. The van der Waals surface area contributed by atoms with Crippen molar-refractivity contribution in [1.82, 2.24) is 9.80 Å². The third-order valence-corrected chi connectivity index (χ3v) is 6.22. The molecule has 2 aliphatic rings. The van der Waals surface area contributed by atoms with E-state index in [2.05, 4.69) is 23.1 Å². The minimum absolute atomic E-state index is 0.00585. The van der Waals surface area contributed by atoms with Gasteiger partial charge in [-0.1, -0.05) is 24.3 Å². The molecule has 0 aliphatic carbocycles. The number of carbonyl (C=O) groups is 1. The number of ether oxygens (including phenoxy) is 2. The van der Waals surface area contributed by atoms with Crippen LogP contribution in [-0.2, 0) is 24.3 Å². The van der Waals surface area contributed by atoms with Crippen molar-refractivity contribution in [2.75, 3.05) is 27.3 Å². The predicted molar refractivity (Wildman–Crippen MR) is 115 cm³/mol. The van der Waals surface area contributed by atoms with Crippen LogP contribution < -0.4 is 9.47 Å². The van der Waals surface area contributed by atoms with Crippen LogP contribution >= 0.6 is 0 Å². The molecule has 2 aliphatic heterocycles. The summed E-state index contributed by atoms with van der Waals surface area (Å²) in [5.41, 5.74) is 3.46. The summed E-state index contributed by atoms with van der Waals surface area (Å²) >= 11 is 0. The van der Waals surface area contributed by atoms with Gasteiger partial charge < -0.3 is 19.5 Å². The molecule has 1 saturated heterocycles. The van der Waals surface area contributed by atoms with E-state index in [1.807, 2.05) is 23.1 Å². The molecule has 6 heteroatoms. The second-order valence-electron chi connectivity index (χ2n) is 8.13. The lowest BCUT2D eigenvalue weighted by Gasteiger charge is -2.39. The lowest BCUT2D eigenvalue weighted by atomic mass is 9.92. The first kappa shape index (κ1) is 20.5. The van der Waals surface area contributed by atoms with Gasteiger partial charge in [-0.15, -0.1) is 0 Å². The lowest BCUT2D eigenvalue weighted by Crippen LogP contribution is -2.52. The fourth-order valence-electron chi connectivity index (χ4n) is 4.59. The van der Waals surface area contributed by atoms with E-state index in [9.17, 15) is 9.90 Å². The topological polar surface area (TPSA) is 62.2 Å². The van der Waals surface area contributed by atoms with Crippen molar-refractivity contribution in [2.45, 2.75) is 44.8 Å². The molecule has 0 aromatic heterocycles. The average Bonchev–Trinajstić information content (AvgIpc) is 2.79. The summed E-state index contributed by atoms with van der Waals surface area (Å²) in [6, 6.07) is 11.8. The lowest BCUT2D eigenvalue weighted by molar-refractivity contribution is -0.138. The first-order chi connectivity index (χ1) is 14.6. The van der Waals surface area contributed by atoms with Gasteiger partial charge in [0.05, 0.1) is 20.3 Å². The van der Waals surface area contributed by atoms with Gasteiger partial charge in [-0.3, -0.25) is 9.69 Å². The molecule has 30 heavy (non-hydrogen) atoms. The van der Waals surface area contributed by atoms with Crippen LogP contribution in [0.1, 0.15) is 36.0 Å². The second kappa shape index (κ2) is 8.96. The van der Waals surface area contributed by atoms with Crippen molar-refractivity contribution in [3.63, 3.8) is 0 Å². The van der Waals surface area contributed by atoms with Crippen molar-refractivity contribution in [2.24, 2.45) is 0 Å². The Morgan fingerprint density at radius 2 is 1.67 bits per heavy atom. The van der Waals surface area contributed by atoms with Crippen molar-refractivity contribution >= 4 is 5.91 Å². The number of nitrogens with zero attached hydrogens (tertiary/aromatic N) is 2. The summed E-state index contributed by atoms with van der Waals surface area (Å²) in [4.78, 5) is 17.7. The number of carbonyl (C=O) groups excluding carboxylic acids is 1. The Morgan fingerprint density at radius 3 is 2.30 bits per heavy atom. The molecule has 0 bridgehead atoms. The monoisotopic (exact) mass is 410 g/mol. The minimum atomic E-state index is -0.191. The van der Waals surface area contributed by atoms with E-state index >= 15 is 0 Å². The predicted octanol–water partition coefficient (Wildman–Crippen LogP) is 3.35. The quantitative estimate of drug-likeness (QED) is 0.819. The van der Waals surface area contributed by atoms with Crippen LogP contribution in [0.15, 0.2) is 36.4 Å². The number of likely N-dealkylation sites (tertiary alicyclic amines) is 1. The zero-order chi connectivity index (χ0) is 21.1. The Bertz CT molecular complexity index is 883. The van der Waals surface area contributed by atoms with Gasteiger partial charge in [-0.2, -0.15) is 0 Å². The standard InChI is InChI=1S/C24H30N2O4/c1-29-21-12-17(13-22(30-2)23(21)27)15-26-16-19-9-5-4-8-18(19)14-20(26)24(28)25-10-6-3-7-11-25/h4-5,8-9,12-13,20,27H,3,6-7,10-11,14-16H2,1-2H3. The number of methoxy groups -OCH3 is 2. The van der Waals surface area contributed by atoms with E-state index in [-0.39, 0.29) is 17.7 Å². The highest BCUT2D eigenvalue weighted by molar-refractivity contribution is 5.82. The van der Waals surface area contributed by atoms with Crippen LogP contribution in [0.4, 0.5) is 0 Å². The number of fused-ring (bicyclic) bond motifs is 1. The van der Waals surface area contributed by atoms with Gasteiger partial charge >= 0.3 is 0 Å². The van der Waals surface area contributed by atoms with E-state index in [0.29, 0.717) is 24.6 Å². The average molecular weight is 411 g/mol. The number of benzene rings is 2. The largest absolute Gasteiger partial charge is 0.502 e. The Morgan fingerprint density at radius 1 is 1.03 bits per heavy atom. The maximum atomic E-state index is 13.5.